The molecule has 3 aliphatic rings. The van der Waals surface area contributed by atoms with Crippen molar-refractivity contribution in [1.82, 2.24) is 15.2 Å². The molecule has 8 heteroatoms. The molecule has 0 aliphatic carbocycles. The van der Waals surface area contributed by atoms with Gasteiger partial charge in [-0.05, 0) is 108 Å². The van der Waals surface area contributed by atoms with Crippen LogP contribution in [-0.2, 0) is 22.4 Å². The number of fused-ring (bicyclic) bond motifs is 2. The predicted molar refractivity (Wildman–Crippen MR) is 152 cm³/mol. The molecule has 0 saturated carbocycles. The predicted octanol–water partition coefficient (Wildman–Crippen LogP) is 6.32. The number of nitrogens with one attached hydrogen (secondary N) is 1. The highest BCUT2D eigenvalue weighted by Crippen LogP contribution is 2.41. The summed E-state index contributed by atoms with van der Waals surface area (Å²) in [6.45, 7) is 16.5. The third-order valence-corrected chi connectivity index (χ3v) is 7.57. The highest BCUT2D eigenvalue weighted by Gasteiger charge is 2.37. The highest BCUT2D eigenvalue weighted by molar-refractivity contribution is 5.90. The molecule has 1 saturated heterocycles. The Morgan fingerprint density at radius 1 is 0.974 bits per heavy atom. The molecule has 4 heterocycles. The van der Waals surface area contributed by atoms with Crippen molar-refractivity contribution < 1.29 is 19.1 Å². The molecular formula is C31H42N4O4. The average Bonchev–Trinajstić information content (AvgIpc) is 3.46. The Morgan fingerprint density at radius 2 is 1.67 bits per heavy atom. The number of carbonyl (C=O) groups is 2. The monoisotopic (exact) mass is 534 g/mol. The summed E-state index contributed by atoms with van der Waals surface area (Å²) in [5.41, 5.74) is 5.89. The SMILES string of the molecule is C[C@@H]1CN(C(=O)OC(C)(C)C)c2ncc(-c3cc4c(c(C5CCCN5C(=O)OC(C)(C)C)c3)CCNC4)cc21. The van der Waals surface area contributed by atoms with Crippen LogP contribution in [0, 0.1) is 0 Å². The van der Waals surface area contributed by atoms with Crippen LogP contribution in [0.5, 0.6) is 0 Å². The van der Waals surface area contributed by atoms with E-state index in [4.69, 9.17) is 14.5 Å². The summed E-state index contributed by atoms with van der Waals surface area (Å²) in [4.78, 5) is 34.3. The van der Waals surface area contributed by atoms with Crippen LogP contribution >= 0.6 is 0 Å². The van der Waals surface area contributed by atoms with E-state index in [1.54, 1.807) is 4.90 Å². The molecule has 1 aromatic heterocycles. The molecule has 2 aromatic rings. The fraction of sp³-hybridized carbons (Fsp3) is 0.581. The first-order valence-corrected chi connectivity index (χ1v) is 14.2. The number of ether oxygens (including phenoxy) is 2. The Hall–Kier alpha value is -3.13. The standard InChI is InChI=1S/C31H42N4O4/c1-19-18-35(29(37)39-31(5,6)7)27-24(19)15-21(17-33-27)20-13-22-16-32-11-10-23(22)25(14-20)26-9-8-12-34(26)28(36)38-30(2,3)4/h13-15,17,19,26,32H,8-12,16,18H2,1-7H3/t19-,26?/m1/s1. The molecule has 5 rings (SSSR count). The van der Waals surface area contributed by atoms with Gasteiger partial charge in [-0.25, -0.2) is 14.6 Å². The fourth-order valence-electron chi connectivity index (χ4n) is 5.91. The summed E-state index contributed by atoms with van der Waals surface area (Å²) in [7, 11) is 0. The summed E-state index contributed by atoms with van der Waals surface area (Å²) in [5, 5.41) is 3.51. The molecule has 1 aromatic carbocycles. The Labute approximate surface area is 232 Å². The smallest absolute Gasteiger partial charge is 0.416 e. The van der Waals surface area contributed by atoms with Crippen LogP contribution in [0.1, 0.15) is 95.5 Å². The number of nitrogens with zero attached hydrogens (tertiary/aromatic N) is 3. The topological polar surface area (TPSA) is 84.0 Å². The van der Waals surface area contributed by atoms with Crippen molar-refractivity contribution in [2.75, 3.05) is 24.5 Å². The number of rotatable bonds is 2. The van der Waals surface area contributed by atoms with Gasteiger partial charge in [-0.15, -0.1) is 0 Å². The largest absolute Gasteiger partial charge is 0.444 e. The van der Waals surface area contributed by atoms with Crippen molar-refractivity contribution in [3.05, 3.63) is 46.6 Å². The van der Waals surface area contributed by atoms with E-state index in [1.165, 1.54) is 16.7 Å². The highest BCUT2D eigenvalue weighted by atomic mass is 16.6. The Morgan fingerprint density at radius 3 is 2.38 bits per heavy atom. The van der Waals surface area contributed by atoms with E-state index >= 15 is 0 Å². The van der Waals surface area contributed by atoms with E-state index in [-0.39, 0.29) is 24.1 Å². The van der Waals surface area contributed by atoms with Crippen LogP contribution in [-0.4, -0.2) is 52.9 Å². The van der Waals surface area contributed by atoms with Crippen LogP contribution in [0.2, 0.25) is 0 Å². The first-order chi connectivity index (χ1) is 18.3. The van der Waals surface area contributed by atoms with Crippen LogP contribution in [0.4, 0.5) is 15.4 Å². The second-order valence-corrected chi connectivity index (χ2v) is 13.1. The van der Waals surface area contributed by atoms with Crippen molar-refractivity contribution in [2.24, 2.45) is 0 Å². The van der Waals surface area contributed by atoms with Gasteiger partial charge in [0.15, 0.2) is 0 Å². The maximum absolute atomic E-state index is 13.1. The minimum Gasteiger partial charge on any atom is -0.444 e. The van der Waals surface area contributed by atoms with E-state index in [1.807, 2.05) is 52.6 Å². The van der Waals surface area contributed by atoms with Crippen molar-refractivity contribution in [1.29, 1.82) is 0 Å². The van der Waals surface area contributed by atoms with E-state index in [0.29, 0.717) is 18.9 Å². The number of hydrogen-bond donors (Lipinski definition) is 1. The zero-order valence-electron chi connectivity index (χ0n) is 24.4. The molecule has 2 amide bonds. The molecule has 0 bridgehead atoms. The van der Waals surface area contributed by atoms with E-state index in [2.05, 4.69) is 30.4 Å². The number of benzene rings is 1. The van der Waals surface area contributed by atoms with Gasteiger partial charge in [0.1, 0.15) is 17.0 Å². The molecule has 3 aliphatic heterocycles. The first kappa shape index (κ1) is 27.4. The molecule has 1 unspecified atom stereocenters. The van der Waals surface area contributed by atoms with E-state index < -0.39 is 11.2 Å². The number of anilines is 1. The lowest BCUT2D eigenvalue weighted by atomic mass is 9.87. The number of aromatic nitrogens is 1. The van der Waals surface area contributed by atoms with Gasteiger partial charge in [0.05, 0.1) is 6.04 Å². The summed E-state index contributed by atoms with van der Waals surface area (Å²) in [6.07, 6.45) is 4.07. The van der Waals surface area contributed by atoms with Crippen LogP contribution in [0.3, 0.4) is 0 Å². The molecule has 0 spiro atoms. The number of hydrogen-bond acceptors (Lipinski definition) is 6. The molecule has 0 radical (unpaired) electrons. The van der Waals surface area contributed by atoms with Gasteiger partial charge in [-0.1, -0.05) is 6.92 Å². The normalized spacial score (nSPS) is 21.0. The van der Waals surface area contributed by atoms with Gasteiger partial charge in [0, 0.05) is 42.9 Å². The van der Waals surface area contributed by atoms with Gasteiger partial charge in [0.25, 0.3) is 0 Å². The average molecular weight is 535 g/mol. The second-order valence-electron chi connectivity index (χ2n) is 13.1. The van der Waals surface area contributed by atoms with Crippen LogP contribution in [0.25, 0.3) is 11.1 Å². The van der Waals surface area contributed by atoms with Gasteiger partial charge >= 0.3 is 12.2 Å². The maximum atomic E-state index is 13.1. The lowest BCUT2D eigenvalue weighted by molar-refractivity contribution is 0.0223. The quantitative estimate of drug-likeness (QED) is 0.485. The minimum absolute atomic E-state index is 0.00406. The Kier molecular flexibility index (Phi) is 7.12. The van der Waals surface area contributed by atoms with Crippen molar-refractivity contribution in [3.8, 4) is 11.1 Å². The second kappa shape index (κ2) is 10.1. The zero-order valence-corrected chi connectivity index (χ0v) is 24.4. The van der Waals surface area contributed by atoms with Crippen molar-refractivity contribution in [2.45, 2.75) is 97.4 Å². The van der Waals surface area contributed by atoms with E-state index in [9.17, 15) is 9.59 Å². The van der Waals surface area contributed by atoms with Crippen LogP contribution in [0.15, 0.2) is 24.4 Å². The van der Waals surface area contributed by atoms with Crippen LogP contribution < -0.4 is 10.2 Å². The van der Waals surface area contributed by atoms with Gasteiger partial charge in [-0.2, -0.15) is 0 Å². The first-order valence-electron chi connectivity index (χ1n) is 14.2. The van der Waals surface area contributed by atoms with Crippen molar-refractivity contribution >= 4 is 18.0 Å². The van der Waals surface area contributed by atoms with E-state index in [0.717, 1.165) is 49.0 Å². The summed E-state index contributed by atoms with van der Waals surface area (Å²) >= 11 is 0. The number of amides is 2. The van der Waals surface area contributed by atoms with Gasteiger partial charge in [0.2, 0.25) is 0 Å². The zero-order chi connectivity index (χ0) is 28.1. The Bertz CT molecular complexity index is 1280. The Balaban J connectivity index is 1.50. The lowest BCUT2D eigenvalue weighted by Crippen LogP contribution is -2.37. The third-order valence-electron chi connectivity index (χ3n) is 7.57. The molecule has 1 fully saturated rings. The number of pyridine rings is 1. The number of carbonyl (C=O) groups excluding carboxylic acids is 2. The summed E-state index contributed by atoms with van der Waals surface area (Å²) < 4.78 is 11.4. The lowest BCUT2D eigenvalue weighted by Gasteiger charge is -2.32. The minimum atomic E-state index is -0.565. The number of likely N-dealkylation sites (tertiary alicyclic amines) is 1. The molecule has 39 heavy (non-hydrogen) atoms. The van der Waals surface area contributed by atoms with Gasteiger partial charge < -0.3 is 19.7 Å². The molecule has 2 atom stereocenters. The maximum Gasteiger partial charge on any atom is 0.416 e. The van der Waals surface area contributed by atoms with Crippen molar-refractivity contribution in [3.63, 3.8) is 0 Å². The molecule has 8 nitrogen and oxygen atoms in total. The third kappa shape index (κ3) is 5.76. The van der Waals surface area contributed by atoms with Gasteiger partial charge in [-0.3, -0.25) is 4.90 Å². The molecule has 210 valence electrons. The summed E-state index contributed by atoms with van der Waals surface area (Å²) in [6, 6.07) is 6.67. The molecular weight excluding hydrogens is 492 g/mol. The molecule has 1 N–H and O–H groups in total. The summed E-state index contributed by atoms with van der Waals surface area (Å²) in [5.74, 6) is 0.823. The fourth-order valence-corrected chi connectivity index (χ4v) is 5.91.